The van der Waals surface area contributed by atoms with E-state index in [1.54, 1.807) is 0 Å². The van der Waals surface area contributed by atoms with Crippen LogP contribution < -0.4 is 5.73 Å². The van der Waals surface area contributed by atoms with E-state index in [0.717, 1.165) is 12.1 Å². The molecule has 4 nitrogen and oxygen atoms in total. The quantitative estimate of drug-likeness (QED) is 0.866. The third-order valence-electron chi connectivity index (χ3n) is 3.43. The monoisotopic (exact) mass is 284 g/mol. The van der Waals surface area contributed by atoms with Gasteiger partial charge in [0.25, 0.3) is 5.91 Å². The van der Waals surface area contributed by atoms with Crippen LogP contribution in [0, 0.1) is 11.6 Å². The van der Waals surface area contributed by atoms with Crippen molar-refractivity contribution in [2.75, 3.05) is 25.4 Å². The van der Waals surface area contributed by atoms with Crippen LogP contribution in [0.4, 0.5) is 14.5 Å². The largest absolute Gasteiger partial charge is 0.396 e. The highest BCUT2D eigenvalue weighted by molar-refractivity contribution is 5.95. The summed E-state index contributed by atoms with van der Waals surface area (Å²) in [6, 6.07) is 1.76. The van der Waals surface area contributed by atoms with Gasteiger partial charge in [0.05, 0.1) is 17.4 Å². The van der Waals surface area contributed by atoms with Gasteiger partial charge >= 0.3 is 0 Å². The van der Waals surface area contributed by atoms with Crippen LogP contribution in [-0.4, -0.2) is 36.6 Å². The molecule has 1 aliphatic rings. The van der Waals surface area contributed by atoms with Crippen LogP contribution in [0.5, 0.6) is 0 Å². The Morgan fingerprint density at radius 2 is 2.05 bits per heavy atom. The molecule has 2 N–H and O–H groups in total. The van der Waals surface area contributed by atoms with Crippen molar-refractivity contribution in [2.45, 2.75) is 25.9 Å². The van der Waals surface area contributed by atoms with Crippen LogP contribution in [-0.2, 0) is 4.74 Å². The van der Waals surface area contributed by atoms with Gasteiger partial charge in [-0.1, -0.05) is 0 Å². The molecule has 1 aromatic carbocycles. The predicted octanol–water partition coefficient (Wildman–Crippen LogP) is 2.19. The third kappa shape index (κ3) is 3.07. The first-order valence-corrected chi connectivity index (χ1v) is 6.68. The fourth-order valence-electron chi connectivity index (χ4n) is 2.40. The second-order valence-corrected chi connectivity index (χ2v) is 4.80. The van der Waals surface area contributed by atoms with Crippen molar-refractivity contribution in [3.05, 3.63) is 29.3 Å². The number of benzene rings is 1. The molecule has 1 aliphatic heterocycles. The highest BCUT2D eigenvalue weighted by atomic mass is 19.1. The van der Waals surface area contributed by atoms with Gasteiger partial charge in [0, 0.05) is 19.7 Å². The van der Waals surface area contributed by atoms with Gasteiger partial charge in [-0.3, -0.25) is 4.79 Å². The Morgan fingerprint density at radius 3 is 2.65 bits per heavy atom. The summed E-state index contributed by atoms with van der Waals surface area (Å²) in [7, 11) is 0. The van der Waals surface area contributed by atoms with E-state index in [9.17, 15) is 13.6 Å². The van der Waals surface area contributed by atoms with Crippen LogP contribution in [0.3, 0.4) is 0 Å². The maximum absolute atomic E-state index is 13.8. The minimum Gasteiger partial charge on any atom is -0.396 e. The van der Waals surface area contributed by atoms with Gasteiger partial charge in [-0.2, -0.15) is 0 Å². The zero-order valence-electron chi connectivity index (χ0n) is 11.4. The van der Waals surface area contributed by atoms with Gasteiger partial charge in [-0.25, -0.2) is 8.78 Å². The molecule has 2 rings (SSSR count). The fourth-order valence-corrected chi connectivity index (χ4v) is 2.40. The van der Waals surface area contributed by atoms with E-state index in [1.165, 1.54) is 4.90 Å². The number of hydrogen-bond donors (Lipinski definition) is 1. The van der Waals surface area contributed by atoms with E-state index in [-0.39, 0.29) is 17.4 Å². The standard InChI is InChI=1S/C14H18F2N2O2/c1-2-20-10-3-5-18(6-4-10)14(19)11-7-9(15)8-12(17)13(11)16/h7-8,10H,2-6,17H2,1H3. The summed E-state index contributed by atoms with van der Waals surface area (Å²) < 4.78 is 32.6. The van der Waals surface area contributed by atoms with Crippen molar-refractivity contribution in [3.8, 4) is 0 Å². The zero-order valence-corrected chi connectivity index (χ0v) is 11.4. The van der Waals surface area contributed by atoms with Gasteiger partial charge in [0.15, 0.2) is 5.82 Å². The SMILES string of the molecule is CCOC1CCN(C(=O)c2cc(F)cc(N)c2F)CC1. The molecule has 1 amide bonds. The topological polar surface area (TPSA) is 55.6 Å². The minimum absolute atomic E-state index is 0.131. The van der Waals surface area contributed by atoms with Crippen LogP contribution in [0.15, 0.2) is 12.1 Å². The molecule has 0 atom stereocenters. The molecule has 0 saturated carbocycles. The molecule has 110 valence electrons. The Hall–Kier alpha value is -1.69. The fraction of sp³-hybridized carbons (Fsp3) is 0.500. The van der Waals surface area contributed by atoms with Gasteiger partial charge in [-0.15, -0.1) is 0 Å². The smallest absolute Gasteiger partial charge is 0.257 e. The Labute approximate surface area is 116 Å². The van der Waals surface area contributed by atoms with Crippen molar-refractivity contribution in [2.24, 2.45) is 0 Å². The number of carbonyl (C=O) groups is 1. The molecule has 20 heavy (non-hydrogen) atoms. The number of ether oxygens (including phenoxy) is 1. The summed E-state index contributed by atoms with van der Waals surface area (Å²) >= 11 is 0. The number of hydrogen-bond acceptors (Lipinski definition) is 3. The van der Waals surface area contributed by atoms with E-state index < -0.39 is 17.5 Å². The molecule has 1 aromatic rings. The van der Waals surface area contributed by atoms with Crippen molar-refractivity contribution in [1.82, 2.24) is 4.90 Å². The number of nitrogens with two attached hydrogens (primary N) is 1. The summed E-state index contributed by atoms with van der Waals surface area (Å²) in [5, 5.41) is 0. The maximum Gasteiger partial charge on any atom is 0.257 e. The van der Waals surface area contributed by atoms with Crippen molar-refractivity contribution in [3.63, 3.8) is 0 Å². The summed E-state index contributed by atoms with van der Waals surface area (Å²) in [5.74, 6) is -2.09. The first-order chi connectivity index (χ1) is 9.52. The number of nitrogen functional groups attached to an aromatic ring is 1. The Kier molecular flexibility index (Phi) is 4.54. The highest BCUT2D eigenvalue weighted by Gasteiger charge is 2.26. The lowest BCUT2D eigenvalue weighted by molar-refractivity contribution is 0.0144. The summed E-state index contributed by atoms with van der Waals surface area (Å²) in [4.78, 5) is 13.7. The second-order valence-electron chi connectivity index (χ2n) is 4.80. The Morgan fingerprint density at radius 1 is 1.40 bits per heavy atom. The van der Waals surface area contributed by atoms with E-state index in [1.807, 2.05) is 6.92 Å². The lowest BCUT2D eigenvalue weighted by Gasteiger charge is -2.32. The number of anilines is 1. The molecular weight excluding hydrogens is 266 g/mol. The van der Waals surface area contributed by atoms with E-state index in [0.29, 0.717) is 32.5 Å². The lowest BCUT2D eigenvalue weighted by atomic mass is 10.1. The van der Waals surface area contributed by atoms with E-state index >= 15 is 0 Å². The number of piperidine rings is 1. The summed E-state index contributed by atoms with van der Waals surface area (Å²) in [6.45, 7) is 3.49. The van der Waals surface area contributed by atoms with Gasteiger partial charge in [-0.05, 0) is 31.9 Å². The average Bonchev–Trinajstić information content (AvgIpc) is 2.43. The first-order valence-electron chi connectivity index (χ1n) is 6.68. The number of halogens is 2. The average molecular weight is 284 g/mol. The molecule has 6 heteroatoms. The number of rotatable bonds is 3. The van der Waals surface area contributed by atoms with Crippen LogP contribution in [0.25, 0.3) is 0 Å². The van der Waals surface area contributed by atoms with Gasteiger partial charge in [0.1, 0.15) is 5.82 Å². The first kappa shape index (κ1) is 14.7. The van der Waals surface area contributed by atoms with Gasteiger partial charge < -0.3 is 15.4 Å². The van der Waals surface area contributed by atoms with Crippen LogP contribution in [0.2, 0.25) is 0 Å². The molecular formula is C14H18F2N2O2. The zero-order chi connectivity index (χ0) is 14.7. The number of nitrogens with zero attached hydrogens (tertiary/aromatic N) is 1. The maximum atomic E-state index is 13.8. The molecule has 0 aliphatic carbocycles. The number of amides is 1. The lowest BCUT2D eigenvalue weighted by Crippen LogP contribution is -2.41. The Bertz CT molecular complexity index is 500. The molecule has 1 heterocycles. The van der Waals surface area contributed by atoms with E-state index in [2.05, 4.69) is 0 Å². The number of carbonyl (C=O) groups excluding carboxylic acids is 1. The number of likely N-dealkylation sites (tertiary alicyclic amines) is 1. The highest BCUT2D eigenvalue weighted by Crippen LogP contribution is 2.21. The molecule has 0 bridgehead atoms. The van der Waals surface area contributed by atoms with Crippen LogP contribution in [0.1, 0.15) is 30.1 Å². The molecule has 0 radical (unpaired) electrons. The van der Waals surface area contributed by atoms with Crippen molar-refractivity contribution in [1.29, 1.82) is 0 Å². The van der Waals surface area contributed by atoms with Crippen LogP contribution >= 0.6 is 0 Å². The minimum atomic E-state index is -0.858. The van der Waals surface area contributed by atoms with Crippen molar-refractivity contribution >= 4 is 11.6 Å². The van der Waals surface area contributed by atoms with Gasteiger partial charge in [0.2, 0.25) is 0 Å². The molecule has 1 fully saturated rings. The summed E-state index contributed by atoms with van der Waals surface area (Å²) in [5.41, 5.74) is 4.69. The molecule has 0 unspecified atom stereocenters. The summed E-state index contributed by atoms with van der Waals surface area (Å²) in [6.07, 6.45) is 1.53. The van der Waals surface area contributed by atoms with E-state index in [4.69, 9.17) is 10.5 Å². The molecule has 0 aromatic heterocycles. The molecule has 0 spiro atoms. The normalized spacial score (nSPS) is 16.4. The third-order valence-corrected chi connectivity index (χ3v) is 3.43. The Balaban J connectivity index is 2.09. The predicted molar refractivity (Wildman–Crippen MR) is 71.3 cm³/mol. The molecule has 1 saturated heterocycles. The second kappa shape index (κ2) is 6.17. The van der Waals surface area contributed by atoms with Crippen molar-refractivity contribution < 1.29 is 18.3 Å².